The Balaban J connectivity index is 0.000000374. The van der Waals surface area contributed by atoms with Gasteiger partial charge >= 0.3 is 5.97 Å². The minimum absolute atomic E-state index is 0.244. The molecule has 0 bridgehead atoms. The Kier molecular flexibility index (Phi) is 12.9. The molecule has 1 amide bonds. The van der Waals surface area contributed by atoms with Crippen LogP contribution in [0.2, 0.25) is 10.0 Å². The van der Waals surface area contributed by atoms with Crippen molar-refractivity contribution in [2.45, 2.75) is 13.8 Å². The monoisotopic (exact) mass is 390 g/mol. The average molecular weight is 391 g/mol. The molecule has 1 aromatic heterocycles. The van der Waals surface area contributed by atoms with Crippen LogP contribution in [0.1, 0.15) is 13.8 Å². The second-order valence-corrected chi connectivity index (χ2v) is 5.13. The Hall–Kier alpha value is -2.25. The molecule has 0 saturated carbocycles. The summed E-state index contributed by atoms with van der Waals surface area (Å²) in [6.45, 7) is 4.61. The normalized spacial score (nSPS) is 8.96. The molecule has 138 valence electrons. The SMILES string of the molecule is CC(=O)OCCNC=O.CCOC=O.Clc1cc(Cl)c2cc[nH]c2c1. The molecule has 0 unspecified atom stereocenters. The number of hydrogen-bond acceptors (Lipinski definition) is 5. The van der Waals surface area contributed by atoms with Gasteiger partial charge in [0.25, 0.3) is 6.47 Å². The van der Waals surface area contributed by atoms with Crippen molar-refractivity contribution in [2.24, 2.45) is 0 Å². The first-order valence-electron chi connectivity index (χ1n) is 7.24. The number of ether oxygens (including phenoxy) is 2. The van der Waals surface area contributed by atoms with Gasteiger partial charge in [-0.05, 0) is 25.1 Å². The van der Waals surface area contributed by atoms with Gasteiger partial charge in [0, 0.05) is 29.0 Å². The third-order valence-electron chi connectivity index (χ3n) is 2.45. The van der Waals surface area contributed by atoms with Gasteiger partial charge in [-0.25, -0.2) is 0 Å². The molecule has 2 N–H and O–H groups in total. The van der Waals surface area contributed by atoms with E-state index in [4.69, 9.17) is 23.2 Å². The van der Waals surface area contributed by atoms with Crippen molar-refractivity contribution in [1.29, 1.82) is 0 Å². The standard InChI is InChI=1S/C8H5Cl2N.C5H9NO3.C3H6O2/c9-5-3-7(10)6-1-2-11-8(6)4-5;1-5(8)9-3-2-6-4-7;1-2-5-3-4/h1-4,11H;4H,2-3H2,1H3,(H,6,7);3H,2H2,1H3. The molecule has 2 rings (SSSR count). The molecule has 0 aliphatic heterocycles. The summed E-state index contributed by atoms with van der Waals surface area (Å²) in [5, 5.41) is 4.70. The lowest BCUT2D eigenvalue weighted by Crippen LogP contribution is -2.18. The predicted molar refractivity (Wildman–Crippen MR) is 96.7 cm³/mol. The van der Waals surface area contributed by atoms with E-state index < -0.39 is 0 Å². The summed E-state index contributed by atoms with van der Waals surface area (Å²) in [5.41, 5.74) is 0.975. The first-order valence-corrected chi connectivity index (χ1v) is 7.99. The van der Waals surface area contributed by atoms with Crippen molar-refractivity contribution in [3.63, 3.8) is 0 Å². The number of halogens is 2. The number of carbonyl (C=O) groups is 3. The highest BCUT2D eigenvalue weighted by molar-refractivity contribution is 6.38. The summed E-state index contributed by atoms with van der Waals surface area (Å²) < 4.78 is 8.64. The number of H-pyrrole nitrogens is 1. The van der Waals surface area contributed by atoms with Crippen LogP contribution in [0.15, 0.2) is 24.4 Å². The van der Waals surface area contributed by atoms with E-state index >= 15 is 0 Å². The zero-order valence-electron chi connectivity index (χ0n) is 13.9. The molecule has 25 heavy (non-hydrogen) atoms. The minimum Gasteiger partial charge on any atom is -0.468 e. The molecular formula is C16H20Cl2N2O5. The maximum Gasteiger partial charge on any atom is 0.302 e. The Morgan fingerprint density at radius 3 is 2.56 bits per heavy atom. The molecule has 1 aromatic carbocycles. The van der Waals surface area contributed by atoms with E-state index in [9.17, 15) is 14.4 Å². The van der Waals surface area contributed by atoms with E-state index in [1.54, 1.807) is 13.0 Å². The van der Waals surface area contributed by atoms with Crippen LogP contribution in [0.3, 0.4) is 0 Å². The first kappa shape index (κ1) is 22.8. The summed E-state index contributed by atoms with van der Waals surface area (Å²) in [7, 11) is 0. The van der Waals surface area contributed by atoms with Gasteiger partial charge in [-0.3, -0.25) is 14.4 Å². The van der Waals surface area contributed by atoms with Crippen molar-refractivity contribution in [1.82, 2.24) is 10.3 Å². The minimum atomic E-state index is -0.331. The lowest BCUT2D eigenvalue weighted by molar-refractivity contribution is -0.141. The van der Waals surface area contributed by atoms with Crippen molar-refractivity contribution >= 4 is 53.0 Å². The van der Waals surface area contributed by atoms with Crippen molar-refractivity contribution in [3.8, 4) is 0 Å². The van der Waals surface area contributed by atoms with E-state index in [1.165, 1.54) is 6.92 Å². The number of nitrogens with one attached hydrogen (secondary N) is 2. The maximum absolute atomic E-state index is 10.1. The molecular weight excluding hydrogens is 371 g/mol. The Morgan fingerprint density at radius 2 is 2.04 bits per heavy atom. The lowest BCUT2D eigenvalue weighted by atomic mass is 10.2. The fourth-order valence-corrected chi connectivity index (χ4v) is 2.03. The summed E-state index contributed by atoms with van der Waals surface area (Å²) in [6.07, 6.45) is 2.40. The van der Waals surface area contributed by atoms with Crippen LogP contribution in [0.4, 0.5) is 0 Å². The Morgan fingerprint density at radius 1 is 1.32 bits per heavy atom. The van der Waals surface area contributed by atoms with Crippen molar-refractivity contribution in [3.05, 3.63) is 34.4 Å². The van der Waals surface area contributed by atoms with E-state index in [-0.39, 0.29) is 12.6 Å². The zero-order chi connectivity index (χ0) is 19.1. The van der Waals surface area contributed by atoms with Crippen LogP contribution in [0, 0.1) is 0 Å². The quantitative estimate of drug-likeness (QED) is 0.448. The van der Waals surface area contributed by atoms with E-state index in [2.05, 4.69) is 19.8 Å². The average Bonchev–Trinajstić information content (AvgIpc) is 3.02. The van der Waals surface area contributed by atoms with Crippen LogP contribution >= 0.6 is 23.2 Å². The van der Waals surface area contributed by atoms with Gasteiger partial charge in [-0.2, -0.15) is 0 Å². The van der Waals surface area contributed by atoms with Gasteiger partial charge in [-0.1, -0.05) is 23.2 Å². The molecule has 7 nitrogen and oxygen atoms in total. The fourth-order valence-electron chi connectivity index (χ4n) is 1.47. The van der Waals surface area contributed by atoms with Gasteiger partial charge in [0.05, 0.1) is 18.2 Å². The van der Waals surface area contributed by atoms with E-state index in [1.807, 2.05) is 18.3 Å². The number of aromatic nitrogens is 1. The third-order valence-corrected chi connectivity index (χ3v) is 2.98. The van der Waals surface area contributed by atoms with Crippen molar-refractivity contribution in [2.75, 3.05) is 19.8 Å². The first-order chi connectivity index (χ1) is 12.0. The van der Waals surface area contributed by atoms with Crippen LogP contribution < -0.4 is 5.32 Å². The topological polar surface area (TPSA) is 97.5 Å². The predicted octanol–water partition coefficient (Wildman–Crippen LogP) is 2.95. The number of fused-ring (bicyclic) bond motifs is 1. The van der Waals surface area contributed by atoms with Crippen LogP contribution in [-0.2, 0) is 23.9 Å². The zero-order valence-corrected chi connectivity index (χ0v) is 15.4. The molecule has 0 fully saturated rings. The molecule has 0 spiro atoms. The molecule has 2 aromatic rings. The van der Waals surface area contributed by atoms with Gasteiger partial charge in [0.1, 0.15) is 6.61 Å². The Labute approximate surface area is 155 Å². The number of esters is 1. The maximum atomic E-state index is 10.1. The number of benzene rings is 1. The van der Waals surface area contributed by atoms with Crippen molar-refractivity contribution < 1.29 is 23.9 Å². The van der Waals surface area contributed by atoms with Gasteiger partial charge < -0.3 is 19.8 Å². The molecule has 0 saturated heterocycles. The number of rotatable bonds is 6. The second kappa shape index (κ2) is 14.1. The molecule has 9 heteroatoms. The van der Waals surface area contributed by atoms with E-state index in [0.29, 0.717) is 36.1 Å². The highest BCUT2D eigenvalue weighted by Crippen LogP contribution is 2.26. The van der Waals surface area contributed by atoms with Gasteiger partial charge in [0.2, 0.25) is 6.41 Å². The number of hydrogen-bond donors (Lipinski definition) is 2. The van der Waals surface area contributed by atoms with Gasteiger partial charge in [-0.15, -0.1) is 0 Å². The summed E-state index contributed by atoms with van der Waals surface area (Å²) in [5.74, 6) is -0.331. The molecule has 0 aliphatic rings. The summed E-state index contributed by atoms with van der Waals surface area (Å²) in [6, 6.07) is 5.51. The highest BCUT2D eigenvalue weighted by atomic mass is 35.5. The molecule has 0 radical (unpaired) electrons. The molecule has 0 aliphatic carbocycles. The number of carbonyl (C=O) groups excluding carboxylic acids is 3. The van der Waals surface area contributed by atoms with Crippen LogP contribution in [0.5, 0.6) is 0 Å². The smallest absolute Gasteiger partial charge is 0.302 e. The molecule has 1 heterocycles. The van der Waals surface area contributed by atoms with Gasteiger partial charge in [0.15, 0.2) is 0 Å². The highest BCUT2D eigenvalue weighted by Gasteiger charge is 2.00. The Bertz CT molecular complexity index is 661. The largest absolute Gasteiger partial charge is 0.468 e. The fraction of sp³-hybridized carbons (Fsp3) is 0.312. The van der Waals surface area contributed by atoms with Crippen LogP contribution in [-0.4, -0.2) is 43.6 Å². The number of aromatic amines is 1. The summed E-state index contributed by atoms with van der Waals surface area (Å²) >= 11 is 11.7. The van der Waals surface area contributed by atoms with E-state index in [0.717, 1.165) is 10.9 Å². The third kappa shape index (κ3) is 11.0. The molecule has 0 atom stereocenters. The second-order valence-electron chi connectivity index (χ2n) is 4.29. The lowest BCUT2D eigenvalue weighted by Gasteiger charge is -1.98. The number of amides is 1. The van der Waals surface area contributed by atoms with Crippen LogP contribution in [0.25, 0.3) is 10.9 Å². The summed E-state index contributed by atoms with van der Waals surface area (Å²) in [4.78, 5) is 31.9.